The number of carbonyl (C=O) groups excluding carboxylic acids is 2. The van der Waals surface area contributed by atoms with Crippen molar-refractivity contribution in [2.45, 2.75) is 37.6 Å². The molecule has 1 aliphatic heterocycles. The van der Waals surface area contributed by atoms with Gasteiger partial charge in [-0.15, -0.1) is 0 Å². The molecule has 0 aromatic heterocycles. The molecular formula is C22H22ClF3N2O4. The predicted octanol–water partition coefficient (Wildman–Crippen LogP) is 3.54. The number of carbonyl (C=O) groups is 2. The first-order valence-corrected chi connectivity index (χ1v) is 10.2. The standard InChI is InChI=1S/C22H22ClF3N2O4/c1-32-21(31)18-10-17(12-28(18)11-14-9-16(23)5-6-19(14)29)27-20(30)8-13-3-2-4-15(7-13)22(24,25)26/h2-7,9,17-18,29H,8,10-12H2,1H3,(H,27,30)/t17-,18+/m1/s1. The Balaban J connectivity index is 1.67. The number of phenols is 1. The van der Waals surface area contributed by atoms with E-state index in [4.69, 9.17) is 16.3 Å². The second-order valence-electron chi connectivity index (χ2n) is 7.62. The van der Waals surface area contributed by atoms with Gasteiger partial charge in [-0.25, -0.2) is 0 Å². The summed E-state index contributed by atoms with van der Waals surface area (Å²) in [5.41, 5.74) is -0.0650. The maximum Gasteiger partial charge on any atom is 0.416 e. The third-order valence-electron chi connectivity index (χ3n) is 5.28. The number of nitrogens with zero attached hydrogens (tertiary/aromatic N) is 1. The van der Waals surface area contributed by atoms with Crippen molar-refractivity contribution in [3.63, 3.8) is 0 Å². The highest BCUT2D eigenvalue weighted by molar-refractivity contribution is 6.30. The third-order valence-corrected chi connectivity index (χ3v) is 5.51. The van der Waals surface area contributed by atoms with Gasteiger partial charge >= 0.3 is 12.1 Å². The van der Waals surface area contributed by atoms with Crippen LogP contribution in [0.4, 0.5) is 13.2 Å². The average Bonchev–Trinajstić information content (AvgIpc) is 3.11. The van der Waals surface area contributed by atoms with E-state index in [2.05, 4.69) is 5.32 Å². The minimum Gasteiger partial charge on any atom is -0.508 e. The number of methoxy groups -OCH3 is 1. The Labute approximate surface area is 187 Å². The van der Waals surface area contributed by atoms with Crippen LogP contribution in [-0.4, -0.2) is 47.6 Å². The van der Waals surface area contributed by atoms with Gasteiger partial charge in [0.25, 0.3) is 0 Å². The van der Waals surface area contributed by atoms with Crippen molar-refractivity contribution >= 4 is 23.5 Å². The molecule has 3 rings (SSSR count). The zero-order chi connectivity index (χ0) is 23.5. The first-order chi connectivity index (χ1) is 15.1. The molecule has 1 heterocycles. The van der Waals surface area contributed by atoms with Crippen molar-refractivity contribution in [2.75, 3.05) is 13.7 Å². The average molecular weight is 471 g/mol. The van der Waals surface area contributed by atoms with Crippen LogP contribution in [0, 0.1) is 0 Å². The number of hydrogen-bond acceptors (Lipinski definition) is 5. The molecule has 1 fully saturated rings. The van der Waals surface area contributed by atoms with Crippen molar-refractivity contribution in [1.29, 1.82) is 0 Å². The van der Waals surface area contributed by atoms with Crippen molar-refractivity contribution < 1.29 is 32.6 Å². The molecule has 6 nitrogen and oxygen atoms in total. The number of halogens is 4. The lowest BCUT2D eigenvalue weighted by Crippen LogP contribution is -2.38. The Morgan fingerprint density at radius 3 is 2.69 bits per heavy atom. The van der Waals surface area contributed by atoms with Crippen LogP contribution in [0.5, 0.6) is 5.75 Å². The van der Waals surface area contributed by atoms with Gasteiger partial charge in [0.05, 0.1) is 19.1 Å². The summed E-state index contributed by atoms with van der Waals surface area (Å²) >= 11 is 5.99. The highest BCUT2D eigenvalue weighted by atomic mass is 35.5. The Kier molecular flexibility index (Phi) is 7.30. The van der Waals surface area contributed by atoms with Gasteiger partial charge in [-0.2, -0.15) is 13.2 Å². The van der Waals surface area contributed by atoms with Crippen molar-refractivity contribution in [3.8, 4) is 5.75 Å². The number of amides is 1. The highest BCUT2D eigenvalue weighted by Crippen LogP contribution is 2.30. The molecule has 172 valence electrons. The van der Waals surface area contributed by atoms with Crippen LogP contribution >= 0.6 is 11.6 Å². The maximum absolute atomic E-state index is 12.9. The smallest absolute Gasteiger partial charge is 0.416 e. The molecule has 32 heavy (non-hydrogen) atoms. The number of esters is 1. The topological polar surface area (TPSA) is 78.9 Å². The fourth-order valence-electron chi connectivity index (χ4n) is 3.79. The summed E-state index contributed by atoms with van der Waals surface area (Å²) in [7, 11) is 1.26. The number of nitrogens with one attached hydrogen (secondary N) is 1. The van der Waals surface area contributed by atoms with Crippen LogP contribution < -0.4 is 5.32 Å². The van der Waals surface area contributed by atoms with Crippen LogP contribution in [0.25, 0.3) is 0 Å². The lowest BCUT2D eigenvalue weighted by Gasteiger charge is -2.22. The fraction of sp³-hybridized carbons (Fsp3) is 0.364. The summed E-state index contributed by atoms with van der Waals surface area (Å²) in [5, 5.41) is 13.3. The molecule has 1 saturated heterocycles. The molecule has 1 amide bonds. The second-order valence-corrected chi connectivity index (χ2v) is 8.05. The Morgan fingerprint density at radius 1 is 1.25 bits per heavy atom. The van der Waals surface area contributed by atoms with Gasteiger partial charge in [0.1, 0.15) is 11.8 Å². The SMILES string of the molecule is COC(=O)[C@@H]1C[C@@H](NC(=O)Cc2cccc(C(F)(F)F)c2)CN1Cc1cc(Cl)ccc1O. The largest absolute Gasteiger partial charge is 0.508 e. The molecule has 2 atom stereocenters. The summed E-state index contributed by atoms with van der Waals surface area (Å²) in [4.78, 5) is 26.5. The van der Waals surface area contributed by atoms with E-state index in [-0.39, 0.29) is 30.7 Å². The molecule has 0 radical (unpaired) electrons. The molecule has 0 unspecified atom stereocenters. The van der Waals surface area contributed by atoms with Crippen LogP contribution in [0.15, 0.2) is 42.5 Å². The van der Waals surface area contributed by atoms with Gasteiger partial charge in [0.15, 0.2) is 0 Å². The van der Waals surface area contributed by atoms with E-state index in [1.54, 1.807) is 17.0 Å². The van der Waals surface area contributed by atoms with E-state index in [9.17, 15) is 27.9 Å². The zero-order valence-electron chi connectivity index (χ0n) is 17.2. The monoisotopic (exact) mass is 470 g/mol. The quantitative estimate of drug-likeness (QED) is 0.631. The lowest BCUT2D eigenvalue weighted by molar-refractivity contribution is -0.146. The van der Waals surface area contributed by atoms with Crippen LogP contribution in [0.1, 0.15) is 23.1 Å². The van der Waals surface area contributed by atoms with Crippen LogP contribution in [0.2, 0.25) is 5.02 Å². The van der Waals surface area contributed by atoms with E-state index in [1.165, 1.54) is 25.3 Å². The number of benzene rings is 2. The van der Waals surface area contributed by atoms with Gasteiger partial charge < -0.3 is 15.2 Å². The Hall–Kier alpha value is -2.78. The third kappa shape index (κ3) is 5.92. The number of hydrogen-bond donors (Lipinski definition) is 2. The number of ether oxygens (including phenoxy) is 1. The molecule has 10 heteroatoms. The second kappa shape index (κ2) is 9.79. The summed E-state index contributed by atoms with van der Waals surface area (Å²) in [6.45, 7) is 0.492. The summed E-state index contributed by atoms with van der Waals surface area (Å²) in [5.74, 6) is -0.915. The number of rotatable bonds is 6. The van der Waals surface area contributed by atoms with E-state index < -0.39 is 35.7 Å². The fourth-order valence-corrected chi connectivity index (χ4v) is 3.98. The minimum absolute atomic E-state index is 0.0232. The molecule has 1 aliphatic rings. The molecular weight excluding hydrogens is 449 g/mol. The van der Waals surface area contributed by atoms with E-state index in [1.807, 2.05) is 0 Å². The number of likely N-dealkylation sites (tertiary alicyclic amines) is 1. The number of aromatic hydroxyl groups is 1. The summed E-state index contributed by atoms with van der Waals surface area (Å²) in [6.07, 6.45) is -4.45. The summed E-state index contributed by atoms with van der Waals surface area (Å²) in [6, 6.07) is 8.11. The van der Waals surface area contributed by atoms with E-state index in [0.717, 1.165) is 12.1 Å². The van der Waals surface area contributed by atoms with Crippen LogP contribution in [0.3, 0.4) is 0 Å². The molecule has 2 N–H and O–H groups in total. The predicted molar refractivity (Wildman–Crippen MR) is 111 cm³/mol. The highest BCUT2D eigenvalue weighted by Gasteiger charge is 2.38. The molecule has 0 aliphatic carbocycles. The van der Waals surface area contributed by atoms with Gasteiger partial charge in [-0.3, -0.25) is 14.5 Å². The lowest BCUT2D eigenvalue weighted by atomic mass is 10.1. The first-order valence-electron chi connectivity index (χ1n) is 9.81. The van der Waals surface area contributed by atoms with Gasteiger partial charge in [0, 0.05) is 29.7 Å². The van der Waals surface area contributed by atoms with E-state index >= 15 is 0 Å². The Morgan fingerprint density at radius 2 is 2.00 bits per heavy atom. The van der Waals surface area contributed by atoms with Crippen LogP contribution in [-0.2, 0) is 33.5 Å². The number of phenolic OH excluding ortho intramolecular Hbond substituents is 1. The minimum atomic E-state index is -4.49. The van der Waals surface area contributed by atoms with Crippen molar-refractivity contribution in [1.82, 2.24) is 10.2 Å². The molecule has 0 spiro atoms. The normalized spacial score (nSPS) is 19.0. The van der Waals surface area contributed by atoms with Gasteiger partial charge in [-0.1, -0.05) is 29.8 Å². The number of alkyl halides is 3. The first kappa shape index (κ1) is 23.9. The Bertz CT molecular complexity index is 999. The van der Waals surface area contributed by atoms with E-state index in [0.29, 0.717) is 17.1 Å². The molecule has 0 bridgehead atoms. The molecule has 2 aromatic carbocycles. The van der Waals surface area contributed by atoms with Crippen molar-refractivity contribution in [2.24, 2.45) is 0 Å². The molecule has 0 saturated carbocycles. The zero-order valence-corrected chi connectivity index (χ0v) is 17.9. The van der Waals surface area contributed by atoms with Crippen molar-refractivity contribution in [3.05, 3.63) is 64.2 Å². The maximum atomic E-state index is 12.9. The van der Waals surface area contributed by atoms with Gasteiger partial charge in [0.2, 0.25) is 5.91 Å². The molecule has 2 aromatic rings. The summed E-state index contributed by atoms with van der Waals surface area (Å²) < 4.78 is 43.5. The van der Waals surface area contributed by atoms with Gasteiger partial charge in [-0.05, 0) is 36.2 Å².